The number of phenols is 3. The molecule has 1 unspecified atom stereocenters. The summed E-state index contributed by atoms with van der Waals surface area (Å²) in [6.45, 7) is 5.38. The molecule has 0 bridgehead atoms. The summed E-state index contributed by atoms with van der Waals surface area (Å²) in [5.41, 5.74) is -0.356. The number of aromatic hydroxyl groups is 3. The number of esters is 3. The number of carbonyl (C=O) groups excluding carboxylic acids is 3. The van der Waals surface area contributed by atoms with Crippen molar-refractivity contribution < 1.29 is 53.1 Å². The largest absolute Gasteiger partial charge is 0.508 e. The molecule has 3 N–H and O–H groups in total. The van der Waals surface area contributed by atoms with Crippen molar-refractivity contribution in [3.63, 3.8) is 0 Å². The van der Waals surface area contributed by atoms with Crippen molar-refractivity contribution in [2.24, 2.45) is 0 Å². The number of carbonyl (C=O) groups is 3. The van der Waals surface area contributed by atoms with Gasteiger partial charge in [0, 0.05) is 50.5 Å². The molecule has 1 aliphatic rings. The lowest BCUT2D eigenvalue weighted by atomic mass is 9.88. The van der Waals surface area contributed by atoms with E-state index in [0.717, 1.165) is 19.9 Å². The second-order valence-electron chi connectivity index (χ2n) is 10.1. The highest BCUT2D eigenvalue weighted by Gasteiger charge is 2.51. The van der Waals surface area contributed by atoms with Gasteiger partial charge in [-0.15, -0.1) is 0 Å². The van der Waals surface area contributed by atoms with E-state index in [2.05, 4.69) is 0 Å². The quantitative estimate of drug-likeness (QED) is 0.260. The maximum Gasteiger partial charge on any atom is 0.303 e. The molecule has 1 fully saturated rings. The molecule has 12 nitrogen and oxygen atoms in total. The van der Waals surface area contributed by atoms with Crippen LogP contribution in [0.1, 0.15) is 46.1 Å². The van der Waals surface area contributed by atoms with E-state index in [1.807, 2.05) is 6.92 Å². The first-order valence-electron chi connectivity index (χ1n) is 13.4. The normalized spacial score (nSPS) is 22.0. The Morgan fingerprint density at radius 3 is 1.95 bits per heavy atom. The number of rotatable bonds is 8. The highest BCUT2D eigenvalue weighted by Crippen LogP contribution is 2.37. The summed E-state index contributed by atoms with van der Waals surface area (Å²) in [5, 5.41) is 30.2. The number of ether oxygens (including phenoxy) is 4. The maximum atomic E-state index is 13.9. The third-order valence-electron chi connectivity index (χ3n) is 6.80. The van der Waals surface area contributed by atoms with Crippen LogP contribution in [-0.4, -0.2) is 63.7 Å². The van der Waals surface area contributed by atoms with E-state index >= 15 is 0 Å². The SMILES string of the molecule is CCC[C@@H]1O[C@@H](Cc2c(-c3ccc(O)cc3)oc3cc(O)cc(O)c3c2=O)[C@H](OC(C)=O)[C@H](OC(C)=O)C1OC(C)=O. The van der Waals surface area contributed by atoms with Crippen LogP contribution < -0.4 is 5.43 Å². The highest BCUT2D eigenvalue weighted by molar-refractivity contribution is 5.87. The van der Waals surface area contributed by atoms with Crippen molar-refractivity contribution >= 4 is 28.9 Å². The van der Waals surface area contributed by atoms with E-state index in [0.29, 0.717) is 18.4 Å². The van der Waals surface area contributed by atoms with Gasteiger partial charge in [-0.2, -0.15) is 0 Å². The van der Waals surface area contributed by atoms with Crippen LogP contribution in [0.25, 0.3) is 22.3 Å². The first-order valence-corrected chi connectivity index (χ1v) is 13.4. The zero-order valence-electron chi connectivity index (χ0n) is 23.5. The maximum absolute atomic E-state index is 13.9. The summed E-state index contributed by atoms with van der Waals surface area (Å²) in [6, 6.07) is 7.98. The van der Waals surface area contributed by atoms with Crippen LogP contribution in [0.4, 0.5) is 0 Å². The van der Waals surface area contributed by atoms with E-state index in [9.17, 15) is 34.5 Å². The van der Waals surface area contributed by atoms with Crippen LogP contribution in [-0.2, 0) is 39.8 Å². The fourth-order valence-electron chi connectivity index (χ4n) is 5.22. The van der Waals surface area contributed by atoms with Gasteiger partial charge in [0.1, 0.15) is 40.1 Å². The van der Waals surface area contributed by atoms with Crippen molar-refractivity contribution in [1.29, 1.82) is 0 Å². The molecular formula is C30H32O12. The van der Waals surface area contributed by atoms with Gasteiger partial charge in [-0.1, -0.05) is 13.3 Å². The number of fused-ring (bicyclic) bond motifs is 1. The lowest BCUT2D eigenvalue weighted by Gasteiger charge is -2.45. The summed E-state index contributed by atoms with van der Waals surface area (Å²) < 4.78 is 29.0. The predicted molar refractivity (Wildman–Crippen MR) is 147 cm³/mol. The third kappa shape index (κ3) is 6.49. The Hall–Kier alpha value is -4.58. The second-order valence-corrected chi connectivity index (χ2v) is 10.1. The Morgan fingerprint density at radius 1 is 0.810 bits per heavy atom. The van der Waals surface area contributed by atoms with Gasteiger partial charge >= 0.3 is 17.9 Å². The zero-order chi connectivity index (χ0) is 30.7. The van der Waals surface area contributed by atoms with Gasteiger partial charge in [0.05, 0.1) is 6.10 Å². The standard InChI is InChI=1S/C30H32O12/c1-5-6-22-28(38-14(2)31)30(40-16(4)33)29(39-15(3)32)24(41-22)13-20-26(37)25-21(36)11-19(35)12-23(25)42-27(20)17-7-9-18(34)10-8-17/h7-12,22,24,28-30,34-36H,5-6,13H2,1-4H3/t22-,24-,28?,29-,30+/m0/s1. The lowest BCUT2D eigenvalue weighted by molar-refractivity contribution is -0.247. The molecule has 1 aliphatic heterocycles. The number of phenolic OH excluding ortho intramolecular Hbond substituents is 3. The first kappa shape index (κ1) is 30.4. The number of hydrogen-bond acceptors (Lipinski definition) is 12. The molecule has 12 heteroatoms. The Balaban J connectivity index is 1.92. The van der Waals surface area contributed by atoms with Crippen molar-refractivity contribution in [2.75, 3.05) is 0 Å². The molecule has 0 amide bonds. The minimum absolute atomic E-state index is 0.0130. The minimum atomic E-state index is -1.31. The molecule has 4 rings (SSSR count). The van der Waals surface area contributed by atoms with Crippen molar-refractivity contribution in [2.45, 2.75) is 77.5 Å². The summed E-state index contributed by atoms with van der Waals surface area (Å²) in [5.74, 6) is -2.96. The van der Waals surface area contributed by atoms with Gasteiger partial charge in [0.25, 0.3) is 0 Å². The lowest BCUT2D eigenvalue weighted by Crippen LogP contribution is -2.61. The molecule has 224 valence electrons. The average molecular weight is 585 g/mol. The van der Waals surface area contributed by atoms with Crippen molar-refractivity contribution in [3.05, 3.63) is 52.2 Å². The van der Waals surface area contributed by atoms with Gasteiger partial charge in [0.2, 0.25) is 0 Å². The second kappa shape index (κ2) is 12.5. The molecule has 1 saturated heterocycles. The average Bonchev–Trinajstić information content (AvgIpc) is 2.89. The molecule has 5 atom stereocenters. The van der Waals surface area contributed by atoms with E-state index in [1.165, 1.54) is 37.3 Å². The Labute approximate surface area is 240 Å². The molecule has 2 aromatic carbocycles. The van der Waals surface area contributed by atoms with Gasteiger partial charge in [-0.25, -0.2) is 0 Å². The molecule has 42 heavy (non-hydrogen) atoms. The molecule has 2 heterocycles. The first-order chi connectivity index (χ1) is 19.9. The fourth-order valence-corrected chi connectivity index (χ4v) is 5.22. The number of benzene rings is 2. The highest BCUT2D eigenvalue weighted by atomic mass is 16.6. The monoisotopic (exact) mass is 584 g/mol. The molecule has 0 spiro atoms. The Bertz CT molecular complexity index is 1540. The molecular weight excluding hydrogens is 552 g/mol. The Morgan fingerprint density at radius 2 is 1.38 bits per heavy atom. The third-order valence-corrected chi connectivity index (χ3v) is 6.80. The predicted octanol–water partition coefficient (Wildman–Crippen LogP) is 3.48. The smallest absolute Gasteiger partial charge is 0.303 e. The summed E-state index contributed by atoms with van der Waals surface area (Å²) in [7, 11) is 0. The topological polar surface area (TPSA) is 179 Å². The van der Waals surface area contributed by atoms with Crippen LogP contribution in [0.15, 0.2) is 45.6 Å². The van der Waals surface area contributed by atoms with Gasteiger partial charge < -0.3 is 38.7 Å². The minimum Gasteiger partial charge on any atom is -0.508 e. The van der Waals surface area contributed by atoms with E-state index in [-0.39, 0.29) is 40.2 Å². The van der Waals surface area contributed by atoms with Gasteiger partial charge in [-0.3, -0.25) is 19.2 Å². The van der Waals surface area contributed by atoms with Crippen molar-refractivity contribution in [1.82, 2.24) is 0 Å². The van der Waals surface area contributed by atoms with Crippen LogP contribution >= 0.6 is 0 Å². The molecule has 0 aliphatic carbocycles. The number of hydrogen-bond donors (Lipinski definition) is 3. The molecule has 1 aromatic heterocycles. The Kier molecular flexibility index (Phi) is 9.05. The molecule has 0 radical (unpaired) electrons. The molecule has 3 aromatic rings. The molecule has 0 saturated carbocycles. The van der Waals surface area contributed by atoms with Crippen LogP contribution in [0.2, 0.25) is 0 Å². The van der Waals surface area contributed by atoms with E-state index in [1.54, 1.807) is 0 Å². The fraction of sp³-hybridized carbons (Fsp3) is 0.400. The van der Waals surface area contributed by atoms with Gasteiger partial charge in [-0.05, 0) is 30.7 Å². The van der Waals surface area contributed by atoms with Crippen LogP contribution in [0.3, 0.4) is 0 Å². The zero-order valence-corrected chi connectivity index (χ0v) is 23.5. The summed E-state index contributed by atoms with van der Waals surface area (Å²) >= 11 is 0. The van der Waals surface area contributed by atoms with E-state index < -0.39 is 59.6 Å². The van der Waals surface area contributed by atoms with Crippen LogP contribution in [0, 0.1) is 0 Å². The summed E-state index contributed by atoms with van der Waals surface area (Å²) in [4.78, 5) is 50.3. The van der Waals surface area contributed by atoms with Gasteiger partial charge in [0.15, 0.2) is 23.7 Å². The van der Waals surface area contributed by atoms with Crippen molar-refractivity contribution in [3.8, 4) is 28.6 Å². The van der Waals surface area contributed by atoms with E-state index in [4.69, 9.17) is 23.4 Å². The van der Waals surface area contributed by atoms with Crippen LogP contribution in [0.5, 0.6) is 17.2 Å². The summed E-state index contributed by atoms with van der Waals surface area (Å²) in [6.07, 6.45) is -4.86.